The number of nitrogens with zero attached hydrogens (tertiary/aromatic N) is 3. The van der Waals surface area contributed by atoms with Gasteiger partial charge in [-0.1, -0.05) is 6.58 Å². The highest BCUT2D eigenvalue weighted by Crippen LogP contribution is 1.98. The lowest BCUT2D eigenvalue weighted by Gasteiger charge is -2.32. The summed E-state index contributed by atoms with van der Waals surface area (Å²) in [6, 6.07) is 0. The monoisotopic (exact) mass is 250 g/mol. The Morgan fingerprint density at radius 1 is 1.33 bits per heavy atom. The summed E-state index contributed by atoms with van der Waals surface area (Å²) in [6.07, 6.45) is 3.78. The van der Waals surface area contributed by atoms with Crippen LogP contribution in [0.25, 0.3) is 0 Å². The minimum Gasteiger partial charge on any atom is -0.369 e. The van der Waals surface area contributed by atoms with Gasteiger partial charge in [0.2, 0.25) is 0 Å². The van der Waals surface area contributed by atoms with E-state index in [1.807, 2.05) is 19.9 Å². The van der Waals surface area contributed by atoms with Crippen LogP contribution in [0.2, 0.25) is 0 Å². The van der Waals surface area contributed by atoms with Crippen LogP contribution in [0.4, 0.5) is 0 Å². The number of hydrogen-bond donors (Lipinski definition) is 1. The highest BCUT2D eigenvalue weighted by molar-refractivity contribution is 5.77. The number of rotatable bonds is 6. The molecule has 1 rings (SSSR count). The van der Waals surface area contributed by atoms with Gasteiger partial charge in [-0.15, -0.1) is 0 Å². The topological polar surface area (TPSA) is 30.9 Å². The summed E-state index contributed by atoms with van der Waals surface area (Å²) in [5.74, 6) is 0.923. The molecule has 0 unspecified atom stereocenters. The summed E-state index contributed by atoms with van der Waals surface area (Å²) in [5.41, 5.74) is 0.968. The van der Waals surface area contributed by atoms with Gasteiger partial charge in [0.25, 0.3) is 0 Å². The van der Waals surface area contributed by atoms with Crippen molar-refractivity contribution in [2.24, 2.45) is 4.99 Å². The Bertz CT molecular complexity index is 312. The van der Waals surface area contributed by atoms with Gasteiger partial charge in [-0.2, -0.15) is 0 Å². The van der Waals surface area contributed by atoms with Gasteiger partial charge in [0, 0.05) is 45.5 Å². The van der Waals surface area contributed by atoms with E-state index in [2.05, 4.69) is 33.7 Å². The molecular formula is C14H26N4. The first-order valence-electron chi connectivity index (χ1n) is 6.62. The summed E-state index contributed by atoms with van der Waals surface area (Å²) in [7, 11) is 2.18. The molecule has 0 aromatic heterocycles. The fourth-order valence-electron chi connectivity index (χ4n) is 1.82. The first-order valence-corrected chi connectivity index (χ1v) is 6.62. The van der Waals surface area contributed by atoms with E-state index < -0.39 is 0 Å². The molecule has 4 nitrogen and oxygen atoms in total. The fraction of sp³-hybridized carbons (Fsp3) is 0.643. The molecule has 0 bridgehead atoms. The molecule has 18 heavy (non-hydrogen) atoms. The van der Waals surface area contributed by atoms with Gasteiger partial charge in [0.05, 0.1) is 0 Å². The average molecular weight is 250 g/mol. The Morgan fingerprint density at radius 3 is 2.56 bits per heavy atom. The van der Waals surface area contributed by atoms with E-state index >= 15 is 0 Å². The molecule has 0 aromatic rings. The molecule has 0 amide bonds. The van der Waals surface area contributed by atoms with Crippen molar-refractivity contribution in [2.75, 3.05) is 46.3 Å². The van der Waals surface area contributed by atoms with Gasteiger partial charge < -0.3 is 10.2 Å². The second-order valence-corrected chi connectivity index (χ2v) is 4.85. The quantitative estimate of drug-likeness (QED) is 0.722. The van der Waals surface area contributed by atoms with Crippen molar-refractivity contribution in [1.29, 1.82) is 0 Å². The third-order valence-corrected chi connectivity index (χ3v) is 3.03. The lowest BCUT2D eigenvalue weighted by Crippen LogP contribution is -2.46. The molecule has 0 aromatic carbocycles. The van der Waals surface area contributed by atoms with Gasteiger partial charge in [-0.25, -0.2) is 4.99 Å². The van der Waals surface area contributed by atoms with Crippen LogP contribution in [0.3, 0.4) is 0 Å². The van der Waals surface area contributed by atoms with Crippen molar-refractivity contribution in [3.05, 3.63) is 24.0 Å². The summed E-state index contributed by atoms with van der Waals surface area (Å²) >= 11 is 0. The molecule has 1 aliphatic rings. The second-order valence-electron chi connectivity index (χ2n) is 4.85. The maximum atomic E-state index is 4.34. The summed E-state index contributed by atoms with van der Waals surface area (Å²) in [4.78, 5) is 9.20. The van der Waals surface area contributed by atoms with Crippen LogP contribution in [0, 0.1) is 0 Å². The molecule has 1 aliphatic heterocycles. The fourth-order valence-corrected chi connectivity index (χ4v) is 1.82. The predicted octanol–water partition coefficient (Wildman–Crippen LogP) is 1.33. The second kappa shape index (κ2) is 8.06. The third kappa shape index (κ3) is 5.98. The molecule has 1 N–H and O–H groups in total. The SMILES string of the molecule is C=C(C)/C=N\C(=C/C)NCCN1CCN(C)CC1. The zero-order valence-corrected chi connectivity index (χ0v) is 11.9. The van der Waals surface area contributed by atoms with Crippen molar-refractivity contribution >= 4 is 6.21 Å². The Balaban J connectivity index is 2.21. The number of allylic oxidation sites excluding steroid dienone is 2. The number of hydrogen-bond acceptors (Lipinski definition) is 4. The zero-order valence-electron chi connectivity index (χ0n) is 11.9. The van der Waals surface area contributed by atoms with Crippen molar-refractivity contribution < 1.29 is 0 Å². The van der Waals surface area contributed by atoms with E-state index in [1.54, 1.807) is 6.21 Å². The highest BCUT2D eigenvalue weighted by atomic mass is 15.2. The van der Waals surface area contributed by atoms with E-state index in [0.29, 0.717) is 0 Å². The van der Waals surface area contributed by atoms with Crippen molar-refractivity contribution in [3.8, 4) is 0 Å². The smallest absolute Gasteiger partial charge is 0.121 e. The minimum atomic E-state index is 0.923. The van der Waals surface area contributed by atoms with Gasteiger partial charge >= 0.3 is 0 Å². The summed E-state index contributed by atoms with van der Waals surface area (Å²) in [6.45, 7) is 14.4. The van der Waals surface area contributed by atoms with E-state index in [-0.39, 0.29) is 0 Å². The van der Waals surface area contributed by atoms with E-state index in [1.165, 1.54) is 26.2 Å². The van der Waals surface area contributed by atoms with E-state index in [0.717, 1.165) is 24.5 Å². The Kier molecular flexibility index (Phi) is 6.68. The lowest BCUT2D eigenvalue weighted by molar-refractivity contribution is 0.155. The Morgan fingerprint density at radius 2 is 2.00 bits per heavy atom. The highest BCUT2D eigenvalue weighted by Gasteiger charge is 2.12. The predicted molar refractivity (Wildman–Crippen MR) is 79.0 cm³/mol. The average Bonchev–Trinajstić information content (AvgIpc) is 2.35. The molecule has 0 saturated carbocycles. The van der Waals surface area contributed by atoms with Gasteiger partial charge in [0.1, 0.15) is 5.82 Å². The minimum absolute atomic E-state index is 0.923. The van der Waals surface area contributed by atoms with Crippen LogP contribution in [0.5, 0.6) is 0 Å². The summed E-state index contributed by atoms with van der Waals surface area (Å²) < 4.78 is 0. The van der Waals surface area contributed by atoms with E-state index in [9.17, 15) is 0 Å². The Hall–Kier alpha value is -1.13. The van der Waals surface area contributed by atoms with Crippen molar-refractivity contribution in [2.45, 2.75) is 13.8 Å². The normalized spacial score (nSPS) is 19.4. The molecule has 0 radical (unpaired) electrons. The molecular weight excluding hydrogens is 224 g/mol. The van der Waals surface area contributed by atoms with Crippen molar-refractivity contribution in [1.82, 2.24) is 15.1 Å². The molecule has 0 aliphatic carbocycles. The first-order chi connectivity index (χ1) is 8.61. The van der Waals surface area contributed by atoms with Crippen LogP contribution >= 0.6 is 0 Å². The Labute approximate surface area is 111 Å². The third-order valence-electron chi connectivity index (χ3n) is 3.03. The van der Waals surface area contributed by atoms with Crippen LogP contribution in [-0.2, 0) is 0 Å². The van der Waals surface area contributed by atoms with E-state index in [4.69, 9.17) is 0 Å². The number of aliphatic imine (C=N–C) groups is 1. The molecule has 0 atom stereocenters. The molecule has 1 saturated heterocycles. The standard InChI is InChI=1S/C14H26N4/c1-5-14(16-12-13(2)3)15-6-7-18-10-8-17(4)9-11-18/h5,12,15H,2,6-11H2,1,3-4H3/b14-5-,16-12-. The van der Waals surface area contributed by atoms with Crippen LogP contribution < -0.4 is 5.32 Å². The van der Waals surface area contributed by atoms with Crippen LogP contribution in [-0.4, -0.2) is 62.3 Å². The molecule has 4 heteroatoms. The molecule has 102 valence electrons. The lowest BCUT2D eigenvalue weighted by atomic mass is 10.3. The largest absolute Gasteiger partial charge is 0.369 e. The summed E-state index contributed by atoms with van der Waals surface area (Å²) in [5, 5.41) is 3.35. The van der Waals surface area contributed by atoms with Gasteiger partial charge in [-0.3, -0.25) is 4.90 Å². The number of nitrogens with one attached hydrogen (secondary N) is 1. The number of piperazine rings is 1. The maximum Gasteiger partial charge on any atom is 0.121 e. The first kappa shape index (κ1) is 14.9. The number of likely N-dealkylation sites (N-methyl/N-ethyl adjacent to an activating group) is 1. The molecule has 1 heterocycles. The van der Waals surface area contributed by atoms with Gasteiger partial charge in [0.15, 0.2) is 0 Å². The van der Waals surface area contributed by atoms with Crippen LogP contribution in [0.1, 0.15) is 13.8 Å². The zero-order chi connectivity index (χ0) is 13.4. The molecule has 1 fully saturated rings. The molecule has 0 spiro atoms. The van der Waals surface area contributed by atoms with Gasteiger partial charge in [-0.05, 0) is 32.5 Å². The van der Waals surface area contributed by atoms with Crippen LogP contribution in [0.15, 0.2) is 29.0 Å². The van der Waals surface area contributed by atoms with Crippen molar-refractivity contribution in [3.63, 3.8) is 0 Å². The maximum absolute atomic E-state index is 4.34.